The third kappa shape index (κ3) is 4.56. The molecule has 0 atom stereocenters. The molecule has 0 spiro atoms. The van der Waals surface area contributed by atoms with Crippen molar-refractivity contribution in [1.82, 2.24) is 4.90 Å². The van der Waals surface area contributed by atoms with Gasteiger partial charge in [0.25, 0.3) is 0 Å². The third-order valence-corrected chi connectivity index (χ3v) is 6.84. The van der Waals surface area contributed by atoms with Crippen molar-refractivity contribution in [3.05, 3.63) is 72.5 Å². The van der Waals surface area contributed by atoms with Crippen molar-refractivity contribution in [1.29, 1.82) is 0 Å². The number of halogens is 1. The molecule has 164 valence electrons. The number of phenols is 1. The number of fused-ring (bicyclic) bond motifs is 1. The molecule has 0 saturated carbocycles. The molecule has 1 aliphatic heterocycles. The Hall–Kier alpha value is -3.09. The standard InChI is InChI=1S/C26H24FNO3S/c27-19-5-3-18(4-6-19)26-25(23-12-7-20(29)17-24(23)32-26)31-22-10-8-21(9-11-22)30-16-15-28-13-1-2-14-28/h3-12,17,29H,1-2,13-16H2. The number of ether oxygens (including phenoxy) is 2. The number of hydrogen-bond donors (Lipinski definition) is 1. The lowest BCUT2D eigenvalue weighted by Gasteiger charge is -2.15. The van der Waals surface area contributed by atoms with E-state index in [-0.39, 0.29) is 11.6 Å². The van der Waals surface area contributed by atoms with Gasteiger partial charge in [-0.05, 0) is 86.1 Å². The average molecular weight is 450 g/mol. The second-order valence-corrected chi connectivity index (χ2v) is 8.97. The highest BCUT2D eigenvalue weighted by Gasteiger charge is 2.17. The van der Waals surface area contributed by atoms with E-state index in [1.165, 1.54) is 49.4 Å². The summed E-state index contributed by atoms with van der Waals surface area (Å²) in [5.41, 5.74) is 0.865. The first-order chi connectivity index (χ1) is 15.7. The average Bonchev–Trinajstić information content (AvgIpc) is 3.43. The number of rotatable bonds is 7. The van der Waals surface area contributed by atoms with E-state index in [1.807, 2.05) is 30.3 Å². The molecule has 0 amide bonds. The Bertz CT molecular complexity index is 1200. The quantitative estimate of drug-likeness (QED) is 0.342. The largest absolute Gasteiger partial charge is 0.508 e. The monoisotopic (exact) mass is 449 g/mol. The van der Waals surface area contributed by atoms with Gasteiger partial charge in [-0.2, -0.15) is 0 Å². The Balaban J connectivity index is 1.37. The zero-order valence-corrected chi connectivity index (χ0v) is 18.4. The predicted octanol–water partition coefficient (Wildman–Crippen LogP) is 6.68. The zero-order chi connectivity index (χ0) is 21.9. The minimum atomic E-state index is -0.282. The fourth-order valence-electron chi connectivity index (χ4n) is 3.97. The van der Waals surface area contributed by atoms with E-state index < -0.39 is 0 Å². The van der Waals surface area contributed by atoms with Gasteiger partial charge in [0, 0.05) is 16.6 Å². The number of benzene rings is 3. The normalized spacial score (nSPS) is 14.2. The van der Waals surface area contributed by atoms with Crippen molar-refractivity contribution in [2.24, 2.45) is 0 Å². The molecule has 0 aliphatic carbocycles. The van der Waals surface area contributed by atoms with Crippen molar-refractivity contribution < 1.29 is 19.0 Å². The van der Waals surface area contributed by atoms with Crippen molar-refractivity contribution in [2.75, 3.05) is 26.2 Å². The van der Waals surface area contributed by atoms with Crippen LogP contribution in [0.2, 0.25) is 0 Å². The van der Waals surface area contributed by atoms with E-state index in [1.54, 1.807) is 24.3 Å². The van der Waals surface area contributed by atoms with Crippen molar-refractivity contribution in [3.8, 4) is 33.4 Å². The predicted molar refractivity (Wildman–Crippen MR) is 127 cm³/mol. The Morgan fingerprint density at radius 2 is 1.62 bits per heavy atom. The smallest absolute Gasteiger partial charge is 0.153 e. The lowest BCUT2D eigenvalue weighted by atomic mass is 10.1. The van der Waals surface area contributed by atoms with Gasteiger partial charge >= 0.3 is 0 Å². The molecule has 1 aliphatic rings. The molecule has 1 fully saturated rings. The number of thiophene rings is 1. The topological polar surface area (TPSA) is 41.9 Å². The van der Waals surface area contributed by atoms with Gasteiger partial charge in [0.1, 0.15) is 29.7 Å². The number of nitrogens with zero attached hydrogens (tertiary/aromatic N) is 1. The number of hydrogen-bond acceptors (Lipinski definition) is 5. The second-order valence-electron chi connectivity index (χ2n) is 7.92. The van der Waals surface area contributed by atoms with Crippen LogP contribution in [0.5, 0.6) is 23.0 Å². The number of aromatic hydroxyl groups is 1. The molecule has 4 aromatic rings. The molecule has 0 bridgehead atoms. The molecule has 0 unspecified atom stereocenters. The van der Waals surface area contributed by atoms with E-state index in [9.17, 15) is 9.50 Å². The second kappa shape index (κ2) is 9.18. The molecule has 1 aromatic heterocycles. The molecule has 1 N–H and O–H groups in total. The van der Waals surface area contributed by atoms with Crippen LogP contribution in [-0.4, -0.2) is 36.2 Å². The van der Waals surface area contributed by atoms with Crippen LogP contribution in [0.25, 0.3) is 20.5 Å². The van der Waals surface area contributed by atoms with Crippen molar-refractivity contribution in [2.45, 2.75) is 12.8 Å². The van der Waals surface area contributed by atoms with E-state index in [4.69, 9.17) is 9.47 Å². The molecule has 1 saturated heterocycles. The van der Waals surface area contributed by atoms with Crippen molar-refractivity contribution >= 4 is 21.4 Å². The zero-order valence-electron chi connectivity index (χ0n) is 17.6. The first kappa shape index (κ1) is 20.8. The Morgan fingerprint density at radius 1 is 0.906 bits per heavy atom. The minimum Gasteiger partial charge on any atom is -0.508 e. The van der Waals surface area contributed by atoms with Gasteiger partial charge in [-0.1, -0.05) is 12.1 Å². The van der Waals surface area contributed by atoms with E-state index >= 15 is 0 Å². The Labute approximate surface area is 190 Å². The molecule has 0 radical (unpaired) electrons. The maximum atomic E-state index is 13.4. The van der Waals surface area contributed by atoms with Crippen LogP contribution in [-0.2, 0) is 0 Å². The Kier molecular flexibility index (Phi) is 5.97. The first-order valence-electron chi connectivity index (χ1n) is 10.8. The molecule has 4 nitrogen and oxygen atoms in total. The highest BCUT2D eigenvalue weighted by atomic mass is 32.1. The summed E-state index contributed by atoms with van der Waals surface area (Å²) in [5.74, 6) is 2.12. The summed E-state index contributed by atoms with van der Waals surface area (Å²) < 4.78 is 26.5. The van der Waals surface area contributed by atoms with Gasteiger partial charge in [-0.25, -0.2) is 4.39 Å². The summed E-state index contributed by atoms with van der Waals surface area (Å²) in [6.45, 7) is 3.96. The molecule has 5 rings (SSSR count). The van der Waals surface area contributed by atoms with Gasteiger partial charge in [0.05, 0.1) is 4.88 Å². The van der Waals surface area contributed by atoms with Crippen LogP contribution in [0.1, 0.15) is 12.8 Å². The van der Waals surface area contributed by atoms with Crippen LogP contribution in [0.4, 0.5) is 4.39 Å². The van der Waals surface area contributed by atoms with Crippen LogP contribution in [0.3, 0.4) is 0 Å². The highest BCUT2D eigenvalue weighted by Crippen LogP contribution is 2.47. The molecule has 32 heavy (non-hydrogen) atoms. The minimum absolute atomic E-state index is 0.200. The molecule has 6 heteroatoms. The molecule has 2 heterocycles. The van der Waals surface area contributed by atoms with E-state index in [0.717, 1.165) is 32.8 Å². The van der Waals surface area contributed by atoms with Gasteiger partial charge < -0.3 is 14.6 Å². The summed E-state index contributed by atoms with van der Waals surface area (Å²) in [7, 11) is 0. The van der Waals surface area contributed by atoms with Crippen LogP contribution in [0.15, 0.2) is 66.7 Å². The summed E-state index contributed by atoms with van der Waals surface area (Å²) in [5, 5.41) is 10.8. The van der Waals surface area contributed by atoms with Crippen LogP contribution >= 0.6 is 11.3 Å². The summed E-state index contributed by atoms with van der Waals surface area (Å²) in [6, 6.07) is 19.2. The summed E-state index contributed by atoms with van der Waals surface area (Å²) >= 11 is 1.51. The summed E-state index contributed by atoms with van der Waals surface area (Å²) in [6.07, 6.45) is 2.56. The van der Waals surface area contributed by atoms with Gasteiger partial charge in [0.2, 0.25) is 0 Å². The molecular weight excluding hydrogens is 425 g/mol. The van der Waals surface area contributed by atoms with Crippen LogP contribution < -0.4 is 9.47 Å². The maximum Gasteiger partial charge on any atom is 0.153 e. The van der Waals surface area contributed by atoms with Gasteiger partial charge in [0.15, 0.2) is 5.75 Å². The Morgan fingerprint density at radius 3 is 2.38 bits per heavy atom. The summed E-state index contributed by atoms with van der Waals surface area (Å²) in [4.78, 5) is 3.31. The highest BCUT2D eigenvalue weighted by molar-refractivity contribution is 7.22. The lowest BCUT2D eigenvalue weighted by molar-refractivity contribution is 0.237. The van der Waals surface area contributed by atoms with Crippen LogP contribution in [0, 0.1) is 5.82 Å². The number of phenolic OH excluding ortho intramolecular Hbond substituents is 1. The van der Waals surface area contributed by atoms with Gasteiger partial charge in [-0.15, -0.1) is 11.3 Å². The maximum absolute atomic E-state index is 13.4. The fraction of sp³-hybridized carbons (Fsp3) is 0.231. The number of likely N-dealkylation sites (tertiary alicyclic amines) is 1. The van der Waals surface area contributed by atoms with Gasteiger partial charge in [-0.3, -0.25) is 4.90 Å². The molecule has 3 aromatic carbocycles. The van der Waals surface area contributed by atoms with E-state index in [2.05, 4.69) is 4.90 Å². The van der Waals surface area contributed by atoms with E-state index in [0.29, 0.717) is 18.1 Å². The SMILES string of the molecule is Oc1ccc2c(Oc3ccc(OCCN4CCCC4)cc3)c(-c3ccc(F)cc3)sc2c1. The third-order valence-electron chi connectivity index (χ3n) is 5.65. The lowest BCUT2D eigenvalue weighted by Crippen LogP contribution is -2.25. The fourth-order valence-corrected chi connectivity index (χ4v) is 5.14. The first-order valence-corrected chi connectivity index (χ1v) is 11.6. The van der Waals surface area contributed by atoms with Crippen molar-refractivity contribution in [3.63, 3.8) is 0 Å². The molecular formula is C26H24FNO3S.